The van der Waals surface area contributed by atoms with Gasteiger partial charge < -0.3 is 0 Å². The van der Waals surface area contributed by atoms with Crippen molar-refractivity contribution in [1.82, 2.24) is 4.31 Å². The number of fused-ring (bicyclic) bond motifs is 1. The third kappa shape index (κ3) is 3.14. The van der Waals surface area contributed by atoms with E-state index in [0.717, 1.165) is 4.31 Å². The summed E-state index contributed by atoms with van der Waals surface area (Å²) in [6.45, 7) is 1.33. The summed E-state index contributed by atoms with van der Waals surface area (Å²) in [5.41, 5.74) is 3.35. The van der Waals surface area contributed by atoms with Gasteiger partial charge >= 0.3 is 0 Å². The minimum absolute atomic E-state index is 0.0237. The normalized spacial score (nSPS) is 15.7. The van der Waals surface area contributed by atoms with Crippen molar-refractivity contribution in [3.05, 3.63) is 64.2 Å². The number of amides is 1. The first-order chi connectivity index (χ1) is 12.3. The van der Waals surface area contributed by atoms with Crippen molar-refractivity contribution in [2.75, 3.05) is 12.0 Å². The highest BCUT2D eigenvalue weighted by molar-refractivity contribution is 7.90. The monoisotopic (exact) mass is 374 g/mol. The van der Waals surface area contributed by atoms with Crippen LogP contribution >= 0.6 is 0 Å². The van der Waals surface area contributed by atoms with Crippen molar-refractivity contribution in [3.63, 3.8) is 0 Å². The van der Waals surface area contributed by atoms with Gasteiger partial charge in [-0.2, -0.15) is 5.10 Å². The fourth-order valence-corrected chi connectivity index (χ4v) is 4.07. The Morgan fingerprint density at radius 1 is 1.23 bits per heavy atom. The molecule has 0 radical (unpaired) electrons. The molecule has 3 rings (SSSR count). The molecule has 2 aromatic rings. The highest BCUT2D eigenvalue weighted by Crippen LogP contribution is 2.29. The maximum absolute atomic E-state index is 12.5. The lowest BCUT2D eigenvalue weighted by molar-refractivity contribution is -0.384. The van der Waals surface area contributed by atoms with Crippen LogP contribution in [0.5, 0.6) is 0 Å². The summed E-state index contributed by atoms with van der Waals surface area (Å²) in [4.78, 5) is 22.5. The lowest BCUT2D eigenvalue weighted by Gasteiger charge is -2.14. The molecule has 1 N–H and O–H groups in total. The van der Waals surface area contributed by atoms with E-state index in [9.17, 15) is 23.3 Å². The van der Waals surface area contributed by atoms with Gasteiger partial charge in [0, 0.05) is 12.1 Å². The van der Waals surface area contributed by atoms with E-state index in [-0.39, 0.29) is 22.7 Å². The average Bonchev–Trinajstić information content (AvgIpc) is 2.81. The number of benzene rings is 2. The van der Waals surface area contributed by atoms with Crippen molar-refractivity contribution >= 4 is 33.0 Å². The molecule has 0 spiro atoms. The number of nitro benzene ring substituents is 1. The van der Waals surface area contributed by atoms with Crippen LogP contribution in [0.2, 0.25) is 0 Å². The SMILES string of the molecule is C/C(CN1C(=O)c2ccccc2S1(=O)=O)=N\Nc1cccc([N+](=O)[O-])c1. The molecule has 0 fully saturated rings. The second kappa shape index (κ2) is 6.56. The molecular weight excluding hydrogens is 360 g/mol. The molecule has 0 aromatic heterocycles. The van der Waals surface area contributed by atoms with Gasteiger partial charge in [-0.25, -0.2) is 12.7 Å². The minimum Gasteiger partial charge on any atom is -0.278 e. The highest BCUT2D eigenvalue weighted by atomic mass is 32.2. The lowest BCUT2D eigenvalue weighted by atomic mass is 10.2. The third-order valence-electron chi connectivity index (χ3n) is 3.72. The van der Waals surface area contributed by atoms with Crippen molar-refractivity contribution in [3.8, 4) is 0 Å². The summed E-state index contributed by atoms with van der Waals surface area (Å²) in [5.74, 6) is -0.606. The Kier molecular flexibility index (Phi) is 4.43. The van der Waals surface area contributed by atoms with Gasteiger partial charge in [-0.15, -0.1) is 0 Å². The van der Waals surface area contributed by atoms with E-state index in [1.54, 1.807) is 25.1 Å². The smallest absolute Gasteiger partial charge is 0.271 e. The van der Waals surface area contributed by atoms with E-state index in [2.05, 4.69) is 10.5 Å². The number of non-ortho nitro benzene ring substituents is 1. The molecule has 1 amide bonds. The fraction of sp³-hybridized carbons (Fsp3) is 0.125. The van der Waals surface area contributed by atoms with Gasteiger partial charge in [0.1, 0.15) is 4.90 Å². The summed E-state index contributed by atoms with van der Waals surface area (Å²) in [5, 5.41) is 14.8. The molecule has 134 valence electrons. The molecule has 1 aliphatic heterocycles. The predicted molar refractivity (Wildman–Crippen MR) is 94.5 cm³/mol. The van der Waals surface area contributed by atoms with Crippen LogP contribution in [-0.2, 0) is 10.0 Å². The molecule has 0 saturated heterocycles. The number of rotatable bonds is 5. The molecule has 0 aliphatic carbocycles. The number of sulfonamides is 1. The molecule has 0 bridgehead atoms. The van der Waals surface area contributed by atoms with E-state index in [0.29, 0.717) is 11.4 Å². The first kappa shape index (κ1) is 17.5. The van der Waals surface area contributed by atoms with E-state index in [4.69, 9.17) is 0 Å². The second-order valence-corrected chi connectivity index (χ2v) is 7.41. The number of hydrogen-bond donors (Lipinski definition) is 1. The predicted octanol–water partition coefficient (Wildman–Crippen LogP) is 2.23. The Balaban J connectivity index is 1.77. The van der Waals surface area contributed by atoms with Crippen LogP contribution in [0.1, 0.15) is 17.3 Å². The zero-order valence-corrected chi connectivity index (χ0v) is 14.4. The number of nitro groups is 1. The number of carbonyl (C=O) groups excluding carboxylic acids is 1. The first-order valence-electron chi connectivity index (χ1n) is 7.50. The Bertz CT molecular complexity index is 1030. The summed E-state index contributed by atoms with van der Waals surface area (Å²) in [7, 11) is -3.91. The Hall–Kier alpha value is -3.27. The van der Waals surface area contributed by atoms with E-state index in [1.165, 1.54) is 30.3 Å². The Morgan fingerprint density at radius 2 is 1.96 bits per heavy atom. The molecule has 0 unspecified atom stereocenters. The van der Waals surface area contributed by atoms with Crippen LogP contribution in [0.15, 0.2) is 58.5 Å². The minimum atomic E-state index is -3.91. The van der Waals surface area contributed by atoms with Crippen LogP contribution in [0, 0.1) is 10.1 Å². The zero-order valence-electron chi connectivity index (χ0n) is 13.6. The summed E-state index contributed by atoms with van der Waals surface area (Å²) in [6, 6.07) is 11.7. The van der Waals surface area contributed by atoms with Gasteiger partial charge in [-0.3, -0.25) is 20.3 Å². The van der Waals surface area contributed by atoms with Crippen molar-refractivity contribution in [1.29, 1.82) is 0 Å². The standard InChI is InChI=1S/C16H14N4O5S/c1-11(17-18-12-5-4-6-13(9-12)20(22)23)10-19-16(21)14-7-2-3-8-15(14)26(19,24)25/h2-9,18H,10H2,1H3/b17-11+. The summed E-state index contributed by atoms with van der Waals surface area (Å²) in [6.07, 6.45) is 0. The number of hydrogen-bond acceptors (Lipinski definition) is 7. The molecule has 2 aromatic carbocycles. The van der Waals surface area contributed by atoms with Crippen LogP contribution in [-0.4, -0.2) is 35.8 Å². The van der Waals surface area contributed by atoms with Crippen LogP contribution in [0.3, 0.4) is 0 Å². The van der Waals surface area contributed by atoms with Gasteiger partial charge in [0.15, 0.2) is 0 Å². The van der Waals surface area contributed by atoms with E-state index in [1.807, 2.05) is 0 Å². The lowest BCUT2D eigenvalue weighted by Crippen LogP contribution is -2.34. The van der Waals surface area contributed by atoms with E-state index >= 15 is 0 Å². The van der Waals surface area contributed by atoms with Crippen molar-refractivity contribution < 1.29 is 18.1 Å². The number of carbonyl (C=O) groups is 1. The molecule has 0 atom stereocenters. The number of nitrogens with one attached hydrogen (secondary N) is 1. The summed E-state index contributed by atoms with van der Waals surface area (Å²) < 4.78 is 25.7. The van der Waals surface area contributed by atoms with Crippen molar-refractivity contribution in [2.24, 2.45) is 5.10 Å². The second-order valence-electron chi connectivity index (χ2n) is 5.58. The zero-order chi connectivity index (χ0) is 18.9. The average molecular weight is 374 g/mol. The molecule has 0 saturated carbocycles. The maximum atomic E-state index is 12.5. The fourth-order valence-electron chi connectivity index (χ4n) is 2.48. The van der Waals surface area contributed by atoms with Gasteiger partial charge in [0.25, 0.3) is 21.6 Å². The third-order valence-corrected chi connectivity index (χ3v) is 5.50. The molecule has 10 heteroatoms. The van der Waals surface area contributed by atoms with E-state index < -0.39 is 20.9 Å². The summed E-state index contributed by atoms with van der Waals surface area (Å²) >= 11 is 0. The molecule has 1 aliphatic rings. The highest BCUT2D eigenvalue weighted by Gasteiger charge is 2.40. The largest absolute Gasteiger partial charge is 0.278 e. The molecule has 9 nitrogen and oxygen atoms in total. The Labute approximate surface area is 149 Å². The number of anilines is 1. The van der Waals surface area contributed by atoms with Gasteiger partial charge in [-0.1, -0.05) is 18.2 Å². The first-order valence-corrected chi connectivity index (χ1v) is 8.94. The number of hydrazone groups is 1. The van der Waals surface area contributed by atoms with Crippen LogP contribution < -0.4 is 5.43 Å². The Morgan fingerprint density at radius 3 is 2.65 bits per heavy atom. The quantitative estimate of drug-likeness (QED) is 0.486. The van der Waals surface area contributed by atoms with Gasteiger partial charge in [0.2, 0.25) is 0 Å². The molecule has 26 heavy (non-hydrogen) atoms. The molecule has 1 heterocycles. The van der Waals surface area contributed by atoms with Gasteiger partial charge in [0.05, 0.1) is 28.4 Å². The van der Waals surface area contributed by atoms with Gasteiger partial charge in [-0.05, 0) is 25.1 Å². The number of nitrogens with zero attached hydrogens (tertiary/aromatic N) is 3. The van der Waals surface area contributed by atoms with Crippen LogP contribution in [0.25, 0.3) is 0 Å². The molecular formula is C16H14N4O5S. The van der Waals surface area contributed by atoms with Crippen molar-refractivity contribution in [2.45, 2.75) is 11.8 Å². The van der Waals surface area contributed by atoms with Crippen LogP contribution in [0.4, 0.5) is 11.4 Å². The maximum Gasteiger partial charge on any atom is 0.271 e. The topological polar surface area (TPSA) is 122 Å².